The van der Waals surface area contributed by atoms with Gasteiger partial charge in [0.25, 0.3) is 0 Å². The Morgan fingerprint density at radius 1 is 1.50 bits per heavy atom. The van der Waals surface area contributed by atoms with Crippen LogP contribution in [0.5, 0.6) is 0 Å². The van der Waals surface area contributed by atoms with Gasteiger partial charge in [0.15, 0.2) is 0 Å². The molecule has 1 aliphatic heterocycles. The smallest absolute Gasteiger partial charge is 0.0478 e. The van der Waals surface area contributed by atoms with Crippen molar-refractivity contribution in [2.45, 2.75) is 23.5 Å². The fourth-order valence-electron chi connectivity index (χ4n) is 1.39. The number of para-hydroxylation sites is 1. The maximum Gasteiger partial charge on any atom is 0.0478 e. The molecule has 1 heterocycles. The molecule has 1 atom stereocenters. The summed E-state index contributed by atoms with van der Waals surface area (Å²) >= 11 is 1.99. The number of fused-ring (bicyclic) bond motifs is 1. The fourth-order valence-corrected chi connectivity index (χ4v) is 2.50. The minimum absolute atomic E-state index is 0.750. The molecule has 0 amide bonds. The van der Waals surface area contributed by atoms with E-state index in [9.17, 15) is 0 Å². The van der Waals surface area contributed by atoms with Crippen LogP contribution in [0.1, 0.15) is 13.3 Å². The molecular weight excluding hydrogens is 166 g/mol. The van der Waals surface area contributed by atoms with Gasteiger partial charge < -0.3 is 5.32 Å². The minimum atomic E-state index is 0.750. The first-order chi connectivity index (χ1) is 5.90. The zero-order valence-electron chi connectivity index (χ0n) is 7.21. The Morgan fingerprint density at radius 2 is 2.33 bits per heavy atom. The number of benzene rings is 1. The first kappa shape index (κ1) is 7.99. The lowest BCUT2D eigenvalue weighted by molar-refractivity contribution is 0.842. The standard InChI is InChI=1S/C10H13NS/c1-2-8-7-11-9-5-3-4-6-10(9)12-8/h3-6,8,11H,2,7H2,1H3. The van der Waals surface area contributed by atoms with Crippen molar-refractivity contribution in [1.29, 1.82) is 0 Å². The van der Waals surface area contributed by atoms with E-state index in [1.165, 1.54) is 17.0 Å². The number of thioether (sulfide) groups is 1. The van der Waals surface area contributed by atoms with Gasteiger partial charge in [-0.15, -0.1) is 11.8 Å². The van der Waals surface area contributed by atoms with Crippen molar-refractivity contribution in [1.82, 2.24) is 0 Å². The van der Waals surface area contributed by atoms with E-state index in [1.54, 1.807) is 0 Å². The van der Waals surface area contributed by atoms with E-state index in [4.69, 9.17) is 0 Å². The predicted molar refractivity (Wildman–Crippen MR) is 54.9 cm³/mol. The Balaban J connectivity index is 2.23. The zero-order valence-corrected chi connectivity index (χ0v) is 8.03. The summed E-state index contributed by atoms with van der Waals surface area (Å²) in [6, 6.07) is 8.52. The van der Waals surface area contributed by atoms with E-state index in [0.717, 1.165) is 11.8 Å². The number of anilines is 1. The molecule has 0 aliphatic carbocycles. The summed E-state index contributed by atoms with van der Waals surface area (Å²) in [4.78, 5) is 1.40. The first-order valence-corrected chi connectivity index (χ1v) is 5.27. The first-order valence-electron chi connectivity index (χ1n) is 4.39. The van der Waals surface area contributed by atoms with Gasteiger partial charge in [-0.2, -0.15) is 0 Å². The van der Waals surface area contributed by atoms with Crippen molar-refractivity contribution in [2.75, 3.05) is 11.9 Å². The SMILES string of the molecule is CCC1CNc2ccccc2S1. The highest BCUT2D eigenvalue weighted by Gasteiger charge is 2.15. The molecule has 0 bridgehead atoms. The Bertz CT molecular complexity index is 272. The molecule has 0 saturated carbocycles. The quantitative estimate of drug-likeness (QED) is 0.711. The molecule has 1 aromatic carbocycles. The average Bonchev–Trinajstić information content (AvgIpc) is 2.17. The van der Waals surface area contributed by atoms with Gasteiger partial charge in [-0.05, 0) is 18.6 Å². The molecule has 0 fully saturated rings. The second kappa shape index (κ2) is 3.40. The normalized spacial score (nSPS) is 21.2. The number of hydrogen-bond acceptors (Lipinski definition) is 2. The van der Waals surface area contributed by atoms with Crippen LogP contribution in [0.15, 0.2) is 29.2 Å². The highest BCUT2D eigenvalue weighted by Crippen LogP contribution is 2.35. The van der Waals surface area contributed by atoms with Crippen molar-refractivity contribution in [3.05, 3.63) is 24.3 Å². The molecule has 1 nitrogen and oxygen atoms in total. The van der Waals surface area contributed by atoms with Crippen molar-refractivity contribution in [2.24, 2.45) is 0 Å². The summed E-state index contributed by atoms with van der Waals surface area (Å²) in [5.74, 6) is 0. The van der Waals surface area contributed by atoms with E-state index < -0.39 is 0 Å². The summed E-state index contributed by atoms with van der Waals surface area (Å²) < 4.78 is 0. The van der Waals surface area contributed by atoms with Crippen LogP contribution < -0.4 is 5.32 Å². The monoisotopic (exact) mass is 179 g/mol. The number of rotatable bonds is 1. The molecule has 1 aliphatic rings. The third kappa shape index (κ3) is 1.44. The second-order valence-electron chi connectivity index (χ2n) is 3.03. The summed E-state index contributed by atoms with van der Waals surface area (Å²) in [6.07, 6.45) is 1.24. The van der Waals surface area contributed by atoms with Crippen LogP contribution in [-0.4, -0.2) is 11.8 Å². The zero-order chi connectivity index (χ0) is 8.39. The maximum atomic E-state index is 3.44. The highest BCUT2D eigenvalue weighted by molar-refractivity contribution is 8.00. The Kier molecular flexibility index (Phi) is 2.26. The lowest BCUT2D eigenvalue weighted by Crippen LogP contribution is -2.20. The topological polar surface area (TPSA) is 12.0 Å². The molecule has 1 N–H and O–H groups in total. The van der Waals surface area contributed by atoms with Crippen molar-refractivity contribution >= 4 is 17.4 Å². The minimum Gasteiger partial charge on any atom is -0.383 e. The van der Waals surface area contributed by atoms with Crippen LogP contribution >= 0.6 is 11.8 Å². The summed E-state index contributed by atoms with van der Waals surface area (Å²) in [5.41, 5.74) is 1.30. The number of nitrogens with one attached hydrogen (secondary N) is 1. The maximum absolute atomic E-state index is 3.44. The lowest BCUT2D eigenvalue weighted by atomic mass is 10.2. The third-order valence-electron chi connectivity index (χ3n) is 2.16. The van der Waals surface area contributed by atoms with Crippen LogP contribution in [-0.2, 0) is 0 Å². The van der Waals surface area contributed by atoms with Gasteiger partial charge in [-0.25, -0.2) is 0 Å². The molecule has 1 aromatic rings. The molecule has 64 valence electrons. The summed E-state index contributed by atoms with van der Waals surface area (Å²) in [5, 5.41) is 4.19. The van der Waals surface area contributed by atoms with Crippen LogP contribution in [0.2, 0.25) is 0 Å². The average molecular weight is 179 g/mol. The largest absolute Gasteiger partial charge is 0.383 e. The van der Waals surface area contributed by atoms with E-state index in [-0.39, 0.29) is 0 Å². The van der Waals surface area contributed by atoms with Crippen molar-refractivity contribution < 1.29 is 0 Å². The molecule has 2 heteroatoms. The molecule has 0 spiro atoms. The lowest BCUT2D eigenvalue weighted by Gasteiger charge is -2.24. The van der Waals surface area contributed by atoms with Crippen LogP contribution in [0.4, 0.5) is 5.69 Å². The molecule has 0 radical (unpaired) electrons. The highest BCUT2D eigenvalue weighted by atomic mass is 32.2. The third-order valence-corrected chi connectivity index (χ3v) is 3.60. The van der Waals surface area contributed by atoms with E-state index in [1.807, 2.05) is 11.8 Å². The predicted octanol–water partition coefficient (Wildman–Crippen LogP) is 2.98. The Morgan fingerprint density at radius 3 is 3.17 bits per heavy atom. The molecular formula is C10H13NS. The van der Waals surface area contributed by atoms with Crippen LogP contribution in [0.25, 0.3) is 0 Å². The Labute approximate surface area is 77.6 Å². The van der Waals surface area contributed by atoms with Gasteiger partial charge in [-0.3, -0.25) is 0 Å². The molecule has 0 aromatic heterocycles. The van der Waals surface area contributed by atoms with Gasteiger partial charge in [0.2, 0.25) is 0 Å². The van der Waals surface area contributed by atoms with Gasteiger partial charge in [-0.1, -0.05) is 19.1 Å². The fraction of sp³-hybridized carbons (Fsp3) is 0.400. The van der Waals surface area contributed by atoms with Crippen LogP contribution in [0, 0.1) is 0 Å². The van der Waals surface area contributed by atoms with Crippen molar-refractivity contribution in [3.8, 4) is 0 Å². The van der Waals surface area contributed by atoms with Gasteiger partial charge in [0, 0.05) is 22.4 Å². The van der Waals surface area contributed by atoms with Gasteiger partial charge >= 0.3 is 0 Å². The van der Waals surface area contributed by atoms with Crippen molar-refractivity contribution in [3.63, 3.8) is 0 Å². The Hall–Kier alpha value is -0.630. The molecule has 2 rings (SSSR count). The molecule has 1 unspecified atom stereocenters. The van der Waals surface area contributed by atoms with Gasteiger partial charge in [0.05, 0.1) is 0 Å². The van der Waals surface area contributed by atoms with Crippen LogP contribution in [0.3, 0.4) is 0 Å². The molecule has 12 heavy (non-hydrogen) atoms. The number of hydrogen-bond donors (Lipinski definition) is 1. The summed E-state index contributed by atoms with van der Waals surface area (Å²) in [6.45, 7) is 3.35. The van der Waals surface area contributed by atoms with E-state index in [0.29, 0.717) is 0 Å². The molecule has 0 saturated heterocycles. The van der Waals surface area contributed by atoms with E-state index in [2.05, 4.69) is 36.5 Å². The van der Waals surface area contributed by atoms with E-state index >= 15 is 0 Å². The van der Waals surface area contributed by atoms with Gasteiger partial charge in [0.1, 0.15) is 0 Å². The summed E-state index contributed by atoms with van der Waals surface area (Å²) in [7, 11) is 0. The second-order valence-corrected chi connectivity index (χ2v) is 4.37.